The number of rotatable bonds is 4. The van der Waals surface area contributed by atoms with Gasteiger partial charge in [-0.25, -0.2) is 4.98 Å². The molecule has 4 heteroatoms. The van der Waals surface area contributed by atoms with Gasteiger partial charge in [-0.15, -0.1) is 0 Å². The van der Waals surface area contributed by atoms with E-state index in [9.17, 15) is 0 Å². The summed E-state index contributed by atoms with van der Waals surface area (Å²) in [5.74, 6) is 1.73. The van der Waals surface area contributed by atoms with Crippen molar-refractivity contribution in [3.8, 4) is 0 Å². The van der Waals surface area contributed by atoms with Crippen molar-refractivity contribution in [1.29, 1.82) is 0 Å². The van der Waals surface area contributed by atoms with Crippen LogP contribution in [0, 0.1) is 5.92 Å². The SMILES string of the molecule is CNCc1cc(N2CCCC2C(C)C)ncc1Cl. The van der Waals surface area contributed by atoms with Crippen molar-refractivity contribution in [2.24, 2.45) is 5.92 Å². The van der Waals surface area contributed by atoms with Crippen LogP contribution in [0.2, 0.25) is 5.02 Å². The average molecular weight is 268 g/mol. The molecule has 1 atom stereocenters. The first-order valence-electron chi connectivity index (χ1n) is 6.69. The summed E-state index contributed by atoms with van der Waals surface area (Å²) in [4.78, 5) is 6.93. The Morgan fingerprint density at radius 2 is 2.33 bits per heavy atom. The number of hydrogen-bond donors (Lipinski definition) is 1. The molecule has 18 heavy (non-hydrogen) atoms. The normalized spacial score (nSPS) is 19.8. The lowest BCUT2D eigenvalue weighted by atomic mass is 10.0. The fourth-order valence-corrected chi connectivity index (χ4v) is 2.89. The van der Waals surface area contributed by atoms with E-state index in [0.29, 0.717) is 12.0 Å². The predicted octanol–water partition coefficient (Wildman–Crippen LogP) is 3.08. The van der Waals surface area contributed by atoms with E-state index in [1.807, 2.05) is 7.05 Å². The highest BCUT2D eigenvalue weighted by atomic mass is 35.5. The number of nitrogens with zero attached hydrogens (tertiary/aromatic N) is 2. The molecule has 0 aliphatic carbocycles. The van der Waals surface area contributed by atoms with Crippen LogP contribution in [0.4, 0.5) is 5.82 Å². The Morgan fingerprint density at radius 3 is 3.00 bits per heavy atom. The number of halogens is 1. The van der Waals surface area contributed by atoms with Gasteiger partial charge in [-0.1, -0.05) is 25.4 Å². The summed E-state index contributed by atoms with van der Waals surface area (Å²) in [6.45, 7) is 6.46. The monoisotopic (exact) mass is 267 g/mol. The van der Waals surface area contributed by atoms with Crippen LogP contribution in [0.1, 0.15) is 32.3 Å². The van der Waals surface area contributed by atoms with Gasteiger partial charge < -0.3 is 10.2 Å². The first-order chi connectivity index (χ1) is 8.63. The Labute approximate surface area is 115 Å². The Kier molecular flexibility index (Phi) is 4.46. The Balaban J connectivity index is 2.24. The lowest BCUT2D eigenvalue weighted by Gasteiger charge is -2.29. The predicted molar refractivity (Wildman–Crippen MR) is 77.2 cm³/mol. The minimum absolute atomic E-state index is 0.612. The highest BCUT2D eigenvalue weighted by molar-refractivity contribution is 6.31. The van der Waals surface area contributed by atoms with Crippen LogP contribution in [0.5, 0.6) is 0 Å². The summed E-state index contributed by atoms with van der Waals surface area (Å²) in [5.41, 5.74) is 1.12. The van der Waals surface area contributed by atoms with Crippen LogP contribution in [-0.4, -0.2) is 24.6 Å². The third-order valence-electron chi connectivity index (χ3n) is 3.65. The molecule has 1 N–H and O–H groups in total. The summed E-state index contributed by atoms with van der Waals surface area (Å²) in [5, 5.41) is 3.89. The maximum absolute atomic E-state index is 6.16. The summed E-state index contributed by atoms with van der Waals surface area (Å²) in [7, 11) is 1.93. The Hall–Kier alpha value is -0.800. The van der Waals surface area contributed by atoms with Gasteiger partial charge in [0.05, 0.1) is 5.02 Å². The van der Waals surface area contributed by atoms with E-state index in [2.05, 4.69) is 35.1 Å². The van der Waals surface area contributed by atoms with Crippen molar-refractivity contribution < 1.29 is 0 Å². The first-order valence-corrected chi connectivity index (χ1v) is 7.07. The van der Waals surface area contributed by atoms with Gasteiger partial charge in [-0.3, -0.25) is 0 Å². The quantitative estimate of drug-likeness (QED) is 0.909. The minimum atomic E-state index is 0.612. The maximum atomic E-state index is 6.16. The van der Waals surface area contributed by atoms with Crippen LogP contribution >= 0.6 is 11.6 Å². The van der Waals surface area contributed by atoms with Gasteiger partial charge in [0.25, 0.3) is 0 Å². The Bertz CT molecular complexity index is 406. The number of nitrogens with one attached hydrogen (secondary N) is 1. The van der Waals surface area contributed by atoms with Gasteiger partial charge in [0, 0.05) is 25.3 Å². The van der Waals surface area contributed by atoms with Crippen LogP contribution in [0.3, 0.4) is 0 Å². The topological polar surface area (TPSA) is 28.2 Å². The van der Waals surface area contributed by atoms with Gasteiger partial charge in [-0.05, 0) is 37.4 Å². The van der Waals surface area contributed by atoms with Gasteiger partial charge in [-0.2, -0.15) is 0 Å². The number of pyridine rings is 1. The molecule has 1 aliphatic heterocycles. The maximum Gasteiger partial charge on any atom is 0.129 e. The third-order valence-corrected chi connectivity index (χ3v) is 3.99. The second-order valence-corrected chi connectivity index (χ2v) is 5.72. The van der Waals surface area contributed by atoms with Crippen LogP contribution in [0.25, 0.3) is 0 Å². The van der Waals surface area contributed by atoms with E-state index in [0.717, 1.165) is 29.5 Å². The first kappa shape index (κ1) is 13.6. The minimum Gasteiger partial charge on any atom is -0.353 e. The zero-order valence-electron chi connectivity index (χ0n) is 11.4. The van der Waals surface area contributed by atoms with Crippen molar-refractivity contribution in [3.63, 3.8) is 0 Å². The zero-order chi connectivity index (χ0) is 13.1. The molecule has 0 radical (unpaired) electrons. The Morgan fingerprint density at radius 1 is 1.56 bits per heavy atom. The van der Waals surface area contributed by atoms with E-state index in [1.54, 1.807) is 6.20 Å². The van der Waals surface area contributed by atoms with E-state index in [1.165, 1.54) is 12.8 Å². The van der Waals surface area contributed by atoms with Crippen molar-refractivity contribution in [3.05, 3.63) is 22.8 Å². The molecule has 0 saturated carbocycles. The van der Waals surface area contributed by atoms with Crippen molar-refractivity contribution in [2.45, 2.75) is 39.3 Å². The highest BCUT2D eigenvalue weighted by Gasteiger charge is 2.28. The van der Waals surface area contributed by atoms with Gasteiger partial charge in [0.2, 0.25) is 0 Å². The number of aromatic nitrogens is 1. The molecule has 1 aliphatic rings. The molecule has 1 saturated heterocycles. The van der Waals surface area contributed by atoms with E-state index in [4.69, 9.17) is 11.6 Å². The molecule has 100 valence electrons. The number of anilines is 1. The average Bonchev–Trinajstić information content (AvgIpc) is 2.81. The summed E-state index contributed by atoms with van der Waals surface area (Å²) >= 11 is 6.16. The molecule has 3 nitrogen and oxygen atoms in total. The zero-order valence-corrected chi connectivity index (χ0v) is 12.2. The largest absolute Gasteiger partial charge is 0.353 e. The molecular weight excluding hydrogens is 246 g/mol. The molecule has 0 spiro atoms. The van der Waals surface area contributed by atoms with Gasteiger partial charge in [0.15, 0.2) is 0 Å². The number of hydrogen-bond acceptors (Lipinski definition) is 3. The third kappa shape index (κ3) is 2.78. The smallest absolute Gasteiger partial charge is 0.129 e. The molecule has 1 aromatic heterocycles. The summed E-state index contributed by atoms with van der Waals surface area (Å²) in [6.07, 6.45) is 4.30. The molecule has 0 amide bonds. The second kappa shape index (κ2) is 5.89. The van der Waals surface area contributed by atoms with E-state index < -0.39 is 0 Å². The molecule has 1 aromatic rings. The van der Waals surface area contributed by atoms with Gasteiger partial charge in [0.1, 0.15) is 5.82 Å². The standard InChI is InChI=1S/C14H22ClN3/c1-10(2)13-5-4-6-18(13)14-7-11(8-16-3)12(15)9-17-14/h7,9-10,13,16H,4-6,8H2,1-3H3. The van der Waals surface area contributed by atoms with Crippen molar-refractivity contribution >= 4 is 17.4 Å². The molecule has 1 fully saturated rings. The van der Waals surface area contributed by atoms with Crippen molar-refractivity contribution in [2.75, 3.05) is 18.5 Å². The van der Waals surface area contributed by atoms with Crippen LogP contribution in [-0.2, 0) is 6.54 Å². The lowest BCUT2D eigenvalue weighted by molar-refractivity contribution is 0.489. The lowest BCUT2D eigenvalue weighted by Crippen LogP contribution is -2.34. The molecular formula is C14H22ClN3. The fraction of sp³-hybridized carbons (Fsp3) is 0.643. The fourth-order valence-electron chi connectivity index (χ4n) is 2.72. The van der Waals surface area contributed by atoms with Gasteiger partial charge >= 0.3 is 0 Å². The molecule has 2 heterocycles. The summed E-state index contributed by atoms with van der Waals surface area (Å²) < 4.78 is 0. The molecule has 0 bridgehead atoms. The van der Waals surface area contributed by atoms with Crippen molar-refractivity contribution in [1.82, 2.24) is 10.3 Å². The molecule has 2 rings (SSSR count). The summed E-state index contributed by atoms with van der Waals surface area (Å²) in [6, 6.07) is 2.74. The second-order valence-electron chi connectivity index (χ2n) is 5.31. The highest BCUT2D eigenvalue weighted by Crippen LogP contribution is 2.30. The van der Waals surface area contributed by atoms with E-state index >= 15 is 0 Å². The van der Waals surface area contributed by atoms with E-state index in [-0.39, 0.29) is 0 Å². The van der Waals surface area contributed by atoms with Crippen LogP contribution < -0.4 is 10.2 Å². The molecule has 1 unspecified atom stereocenters. The van der Waals surface area contributed by atoms with Crippen LogP contribution in [0.15, 0.2) is 12.3 Å². The molecule has 0 aromatic carbocycles.